The van der Waals surface area contributed by atoms with Gasteiger partial charge in [0.25, 0.3) is 5.91 Å². The molecule has 0 atom stereocenters. The van der Waals surface area contributed by atoms with Crippen LogP contribution in [0.5, 0.6) is 0 Å². The van der Waals surface area contributed by atoms with Gasteiger partial charge in [-0.15, -0.1) is 0 Å². The molecule has 1 aromatic rings. The highest BCUT2D eigenvalue weighted by Gasteiger charge is 2.18. The minimum atomic E-state index is -0.631. The number of carbonyl (C=O) groups is 1. The molecule has 1 aliphatic heterocycles. The van der Waals surface area contributed by atoms with E-state index in [1.54, 1.807) is 0 Å². The van der Waals surface area contributed by atoms with Gasteiger partial charge in [0.15, 0.2) is 6.29 Å². The van der Waals surface area contributed by atoms with Crippen molar-refractivity contribution < 1.29 is 18.7 Å². The van der Waals surface area contributed by atoms with Gasteiger partial charge in [0.2, 0.25) is 0 Å². The zero-order valence-electron chi connectivity index (χ0n) is 9.62. The first-order chi connectivity index (χ1) is 8.68. The largest absolute Gasteiger partial charge is 0.352 e. The van der Waals surface area contributed by atoms with Crippen LogP contribution in [0.1, 0.15) is 16.8 Å². The molecule has 0 aromatic heterocycles. The van der Waals surface area contributed by atoms with Crippen molar-refractivity contribution in [3.8, 4) is 0 Å². The fourth-order valence-corrected chi connectivity index (χ4v) is 1.93. The number of nitrogens with one attached hydrogen (secondary N) is 1. The third-order valence-electron chi connectivity index (χ3n) is 2.55. The molecule has 1 amide bonds. The second-order valence-corrected chi connectivity index (χ2v) is 4.22. The van der Waals surface area contributed by atoms with Gasteiger partial charge in [0.1, 0.15) is 5.82 Å². The van der Waals surface area contributed by atoms with E-state index in [-0.39, 0.29) is 16.9 Å². The van der Waals surface area contributed by atoms with Crippen LogP contribution in [0, 0.1) is 5.82 Å². The molecule has 1 heterocycles. The van der Waals surface area contributed by atoms with Crippen LogP contribution in [0.15, 0.2) is 18.2 Å². The Hall–Kier alpha value is -1.17. The second kappa shape index (κ2) is 6.13. The van der Waals surface area contributed by atoms with Gasteiger partial charge in [0.05, 0.1) is 23.8 Å². The number of carbonyl (C=O) groups excluding carboxylic acids is 1. The van der Waals surface area contributed by atoms with Crippen molar-refractivity contribution in [1.29, 1.82) is 0 Å². The van der Waals surface area contributed by atoms with Crippen molar-refractivity contribution >= 4 is 17.5 Å². The van der Waals surface area contributed by atoms with Gasteiger partial charge in [0, 0.05) is 13.0 Å². The number of hydrogen-bond donors (Lipinski definition) is 1. The van der Waals surface area contributed by atoms with E-state index in [2.05, 4.69) is 5.32 Å². The molecule has 0 spiro atoms. The Bertz CT molecular complexity index is 415. The second-order valence-electron chi connectivity index (χ2n) is 3.81. The highest BCUT2D eigenvalue weighted by molar-refractivity contribution is 6.33. The predicted octanol–water partition coefficient (Wildman–Crippen LogP) is 1.97. The first-order valence-corrected chi connectivity index (χ1v) is 6.01. The SMILES string of the molecule is O=C(NCCC1OCCO1)c1c(F)cccc1Cl. The van der Waals surface area contributed by atoms with E-state index in [9.17, 15) is 9.18 Å². The number of amides is 1. The molecule has 0 unspecified atom stereocenters. The molecule has 6 heteroatoms. The van der Waals surface area contributed by atoms with Gasteiger partial charge in [-0.25, -0.2) is 4.39 Å². The highest BCUT2D eigenvalue weighted by atomic mass is 35.5. The zero-order valence-corrected chi connectivity index (χ0v) is 10.4. The van der Waals surface area contributed by atoms with Crippen molar-refractivity contribution in [3.63, 3.8) is 0 Å². The summed E-state index contributed by atoms with van der Waals surface area (Å²) in [6.45, 7) is 1.48. The van der Waals surface area contributed by atoms with Gasteiger partial charge in [-0.2, -0.15) is 0 Å². The first-order valence-electron chi connectivity index (χ1n) is 5.64. The smallest absolute Gasteiger partial charge is 0.255 e. The van der Waals surface area contributed by atoms with E-state index in [0.29, 0.717) is 26.2 Å². The molecule has 1 N–H and O–H groups in total. The minimum absolute atomic E-state index is 0.0980. The van der Waals surface area contributed by atoms with E-state index >= 15 is 0 Å². The maximum Gasteiger partial charge on any atom is 0.255 e. The van der Waals surface area contributed by atoms with Crippen LogP contribution in [-0.4, -0.2) is 32.0 Å². The predicted molar refractivity (Wildman–Crippen MR) is 64.1 cm³/mol. The molecule has 18 heavy (non-hydrogen) atoms. The number of halogens is 2. The Morgan fingerprint density at radius 1 is 1.44 bits per heavy atom. The lowest BCUT2D eigenvalue weighted by atomic mass is 10.2. The molecular formula is C12H13ClFNO3. The lowest BCUT2D eigenvalue weighted by Crippen LogP contribution is -2.28. The number of benzene rings is 1. The Balaban J connectivity index is 1.87. The molecule has 98 valence electrons. The average molecular weight is 274 g/mol. The summed E-state index contributed by atoms with van der Waals surface area (Å²) < 4.78 is 23.9. The summed E-state index contributed by atoms with van der Waals surface area (Å²) in [4.78, 5) is 11.7. The molecule has 0 bridgehead atoms. The number of hydrogen-bond acceptors (Lipinski definition) is 3. The van der Waals surface area contributed by atoms with Crippen LogP contribution >= 0.6 is 11.6 Å². The molecular weight excluding hydrogens is 261 g/mol. The quantitative estimate of drug-likeness (QED) is 0.912. The van der Waals surface area contributed by atoms with Gasteiger partial charge >= 0.3 is 0 Å². The summed E-state index contributed by atoms with van der Waals surface area (Å²) in [5.41, 5.74) is -0.132. The van der Waals surface area contributed by atoms with Crippen LogP contribution in [0.25, 0.3) is 0 Å². The van der Waals surface area contributed by atoms with E-state index in [4.69, 9.17) is 21.1 Å². The fraction of sp³-hybridized carbons (Fsp3) is 0.417. The lowest BCUT2D eigenvalue weighted by molar-refractivity contribution is -0.0455. The van der Waals surface area contributed by atoms with Crippen molar-refractivity contribution in [2.24, 2.45) is 0 Å². The van der Waals surface area contributed by atoms with Crippen LogP contribution < -0.4 is 5.32 Å². The van der Waals surface area contributed by atoms with Crippen molar-refractivity contribution in [2.75, 3.05) is 19.8 Å². The fourth-order valence-electron chi connectivity index (χ4n) is 1.68. The maximum absolute atomic E-state index is 13.4. The summed E-state index contributed by atoms with van der Waals surface area (Å²) in [5, 5.41) is 2.68. The summed E-state index contributed by atoms with van der Waals surface area (Å²) in [5.74, 6) is -1.16. The molecule has 1 aromatic carbocycles. The lowest BCUT2D eigenvalue weighted by Gasteiger charge is -2.10. The Kier molecular flexibility index (Phi) is 4.52. The van der Waals surface area contributed by atoms with Crippen molar-refractivity contribution in [1.82, 2.24) is 5.32 Å². The highest BCUT2D eigenvalue weighted by Crippen LogP contribution is 2.18. The van der Waals surface area contributed by atoms with Crippen LogP contribution in [0.2, 0.25) is 5.02 Å². The zero-order chi connectivity index (χ0) is 13.0. The van der Waals surface area contributed by atoms with Gasteiger partial charge in [-0.1, -0.05) is 17.7 Å². The van der Waals surface area contributed by atoms with Crippen molar-refractivity contribution in [3.05, 3.63) is 34.6 Å². The summed E-state index contributed by atoms with van der Waals surface area (Å²) >= 11 is 5.78. The van der Waals surface area contributed by atoms with Gasteiger partial charge in [-0.3, -0.25) is 4.79 Å². The number of ether oxygens (including phenoxy) is 2. The molecule has 1 saturated heterocycles. The Morgan fingerprint density at radius 3 is 2.83 bits per heavy atom. The molecule has 4 nitrogen and oxygen atoms in total. The van der Waals surface area contributed by atoms with Crippen LogP contribution in [-0.2, 0) is 9.47 Å². The molecule has 1 aliphatic rings. The third kappa shape index (κ3) is 3.19. The average Bonchev–Trinajstić information content (AvgIpc) is 2.82. The van der Waals surface area contributed by atoms with E-state index in [1.807, 2.05) is 0 Å². The minimum Gasteiger partial charge on any atom is -0.352 e. The van der Waals surface area contributed by atoms with Crippen LogP contribution in [0.4, 0.5) is 4.39 Å². The normalized spacial score (nSPS) is 15.9. The van der Waals surface area contributed by atoms with Crippen molar-refractivity contribution in [2.45, 2.75) is 12.7 Å². The molecule has 0 radical (unpaired) electrons. The number of rotatable bonds is 4. The molecule has 0 saturated carbocycles. The maximum atomic E-state index is 13.4. The molecule has 1 fully saturated rings. The third-order valence-corrected chi connectivity index (χ3v) is 2.86. The topological polar surface area (TPSA) is 47.6 Å². The summed E-state index contributed by atoms with van der Waals surface area (Å²) in [7, 11) is 0. The first kappa shape index (κ1) is 13.3. The van der Waals surface area contributed by atoms with E-state index in [1.165, 1.54) is 18.2 Å². The van der Waals surface area contributed by atoms with Crippen LogP contribution in [0.3, 0.4) is 0 Å². The van der Waals surface area contributed by atoms with E-state index < -0.39 is 11.7 Å². The standard InChI is InChI=1S/C12H13ClFNO3/c13-8-2-1-3-9(14)11(8)12(16)15-5-4-10-17-6-7-18-10/h1-3,10H,4-7H2,(H,15,16). The Labute approximate surface area is 109 Å². The molecule has 2 rings (SSSR count). The van der Waals surface area contributed by atoms with Gasteiger partial charge < -0.3 is 14.8 Å². The monoisotopic (exact) mass is 273 g/mol. The molecule has 0 aliphatic carbocycles. The van der Waals surface area contributed by atoms with E-state index in [0.717, 1.165) is 0 Å². The summed E-state index contributed by atoms with van der Waals surface area (Å²) in [6, 6.07) is 4.13. The van der Waals surface area contributed by atoms with Gasteiger partial charge in [-0.05, 0) is 12.1 Å². The Morgan fingerprint density at radius 2 is 2.17 bits per heavy atom. The summed E-state index contributed by atoms with van der Waals surface area (Å²) in [6.07, 6.45) is 0.235.